The van der Waals surface area contributed by atoms with E-state index in [9.17, 15) is 19.8 Å². The standard InChI is InChI=1S/C42H58N4O10/c1-8-22-53-28-18-19-33-31(25-28)35-29(17-13-15-21-48)27(16-12-14-20-47)24-30-32(44-56-41(5,6)7)26-34(42(55-33,36(30)35)54-23-9-2)46-38(40(50)52-11-4)37(43-45-46)39(49)51-10-3/h8-9,18-19,24-25,27,29,34-36,47-48H,1-2,10-17,20-23,26H2,3-7H3/t27-,29+,34-,35+,36+,42+/m0/s1. The van der Waals surface area contributed by atoms with Crippen molar-refractivity contribution in [2.45, 2.75) is 103 Å². The molecule has 2 N–H and O–H groups in total. The first-order valence-corrected chi connectivity index (χ1v) is 19.8. The number of esters is 2. The van der Waals surface area contributed by atoms with Crippen LogP contribution in [0.4, 0.5) is 0 Å². The number of unbranched alkanes of at least 4 members (excludes halogenated alkanes) is 2. The fraction of sp³-hybridized carbons (Fsp3) is 0.595. The number of carbonyl (C=O) groups is 2. The molecule has 6 atom stereocenters. The second-order valence-corrected chi connectivity index (χ2v) is 15.2. The predicted octanol–water partition coefficient (Wildman–Crippen LogP) is 6.50. The Kier molecular flexibility index (Phi) is 14.5. The second kappa shape index (κ2) is 19.1. The molecule has 1 fully saturated rings. The average molecular weight is 779 g/mol. The number of benzene rings is 1. The average Bonchev–Trinajstić information content (AvgIpc) is 3.62. The summed E-state index contributed by atoms with van der Waals surface area (Å²) >= 11 is 0. The summed E-state index contributed by atoms with van der Waals surface area (Å²) in [5, 5.41) is 33.1. The molecule has 1 aromatic heterocycles. The molecule has 5 rings (SSSR count). The molecule has 0 amide bonds. The molecule has 2 aromatic rings. The molecule has 306 valence electrons. The minimum atomic E-state index is -1.56. The van der Waals surface area contributed by atoms with Crippen molar-refractivity contribution in [3.8, 4) is 11.5 Å². The van der Waals surface area contributed by atoms with Crippen LogP contribution in [0.15, 0.2) is 60.3 Å². The van der Waals surface area contributed by atoms with Gasteiger partial charge in [0, 0.05) is 31.1 Å². The lowest BCUT2D eigenvalue weighted by molar-refractivity contribution is -0.252. The number of ether oxygens (including phenoxy) is 5. The fourth-order valence-corrected chi connectivity index (χ4v) is 8.25. The third-order valence-corrected chi connectivity index (χ3v) is 10.4. The molecule has 3 aliphatic rings. The van der Waals surface area contributed by atoms with Crippen LogP contribution in [0, 0.1) is 17.8 Å². The van der Waals surface area contributed by atoms with Gasteiger partial charge >= 0.3 is 11.9 Å². The van der Waals surface area contributed by atoms with E-state index in [-0.39, 0.29) is 68.6 Å². The lowest BCUT2D eigenvalue weighted by Gasteiger charge is -2.58. The Morgan fingerprint density at radius 3 is 2.38 bits per heavy atom. The second-order valence-electron chi connectivity index (χ2n) is 15.2. The van der Waals surface area contributed by atoms with E-state index in [1.807, 2.05) is 39.0 Å². The van der Waals surface area contributed by atoms with Crippen LogP contribution < -0.4 is 9.47 Å². The van der Waals surface area contributed by atoms with Gasteiger partial charge in [0.15, 0.2) is 5.69 Å². The first-order valence-electron chi connectivity index (χ1n) is 19.8. The summed E-state index contributed by atoms with van der Waals surface area (Å²) in [6.07, 6.45) is 10.1. The van der Waals surface area contributed by atoms with Gasteiger partial charge in [-0.05, 0) is 95.9 Å². The molecule has 56 heavy (non-hydrogen) atoms. The number of fused-ring (bicyclic) bond motifs is 2. The molecule has 0 bridgehead atoms. The van der Waals surface area contributed by atoms with Crippen molar-refractivity contribution in [2.24, 2.45) is 22.9 Å². The molecule has 14 nitrogen and oxygen atoms in total. The third-order valence-electron chi connectivity index (χ3n) is 10.4. The van der Waals surface area contributed by atoms with E-state index in [1.165, 1.54) is 4.68 Å². The number of allylic oxidation sites excluding steroid dienone is 1. The minimum Gasteiger partial charge on any atom is -0.490 e. The van der Waals surface area contributed by atoms with Crippen LogP contribution in [0.1, 0.15) is 118 Å². The van der Waals surface area contributed by atoms with Crippen molar-refractivity contribution in [2.75, 3.05) is 39.6 Å². The van der Waals surface area contributed by atoms with Crippen LogP contribution in [-0.4, -0.2) is 93.9 Å². The normalized spacial score (nSPS) is 24.6. The smallest absolute Gasteiger partial charge is 0.361 e. The highest BCUT2D eigenvalue weighted by Gasteiger charge is 2.65. The van der Waals surface area contributed by atoms with E-state index >= 15 is 0 Å². The van der Waals surface area contributed by atoms with Gasteiger partial charge in [-0.1, -0.05) is 48.0 Å². The largest absolute Gasteiger partial charge is 0.490 e. The van der Waals surface area contributed by atoms with Gasteiger partial charge in [-0.2, -0.15) is 0 Å². The highest BCUT2D eigenvalue weighted by atomic mass is 16.7. The molecule has 1 saturated carbocycles. The highest BCUT2D eigenvalue weighted by Crippen LogP contribution is 2.63. The van der Waals surface area contributed by atoms with E-state index in [2.05, 4.69) is 29.5 Å². The lowest BCUT2D eigenvalue weighted by Crippen LogP contribution is -2.63. The van der Waals surface area contributed by atoms with Gasteiger partial charge in [-0.25, -0.2) is 14.3 Å². The van der Waals surface area contributed by atoms with Crippen LogP contribution in [-0.2, 0) is 19.0 Å². The van der Waals surface area contributed by atoms with Gasteiger partial charge in [-0.3, -0.25) is 0 Å². The van der Waals surface area contributed by atoms with E-state index in [0.717, 1.165) is 36.8 Å². The van der Waals surface area contributed by atoms with Crippen molar-refractivity contribution < 1.29 is 48.3 Å². The summed E-state index contributed by atoms with van der Waals surface area (Å²) in [5.74, 6) is -2.77. The van der Waals surface area contributed by atoms with Crippen molar-refractivity contribution >= 4 is 17.7 Å². The maximum Gasteiger partial charge on any atom is 0.361 e. The first-order chi connectivity index (χ1) is 27.0. The minimum absolute atomic E-state index is 0.0110. The Labute approximate surface area is 329 Å². The molecule has 0 radical (unpaired) electrons. The summed E-state index contributed by atoms with van der Waals surface area (Å²) in [5.41, 5.74) is 1.25. The molecule has 14 heteroatoms. The molecule has 1 aliphatic heterocycles. The summed E-state index contributed by atoms with van der Waals surface area (Å²) in [7, 11) is 0. The van der Waals surface area contributed by atoms with Crippen molar-refractivity contribution in [1.29, 1.82) is 0 Å². The molecule has 0 spiro atoms. The number of carbonyl (C=O) groups excluding carboxylic acids is 2. The van der Waals surface area contributed by atoms with Gasteiger partial charge < -0.3 is 38.7 Å². The zero-order valence-corrected chi connectivity index (χ0v) is 33.4. The van der Waals surface area contributed by atoms with Crippen LogP contribution in [0.2, 0.25) is 0 Å². The third kappa shape index (κ3) is 9.03. The number of aromatic nitrogens is 3. The monoisotopic (exact) mass is 778 g/mol. The quantitative estimate of drug-likeness (QED) is 0.0648. The Hall–Kier alpha value is -4.53. The number of oxime groups is 1. The molecular weight excluding hydrogens is 720 g/mol. The Bertz CT molecular complexity index is 1760. The van der Waals surface area contributed by atoms with Crippen LogP contribution >= 0.6 is 0 Å². The molecule has 2 heterocycles. The Morgan fingerprint density at radius 1 is 1.02 bits per heavy atom. The van der Waals surface area contributed by atoms with Crippen LogP contribution in [0.25, 0.3) is 0 Å². The van der Waals surface area contributed by atoms with Crippen LogP contribution in [0.5, 0.6) is 11.5 Å². The van der Waals surface area contributed by atoms with Crippen molar-refractivity contribution in [3.63, 3.8) is 0 Å². The Balaban J connectivity index is 1.86. The summed E-state index contributed by atoms with van der Waals surface area (Å²) in [6, 6.07) is 4.77. The van der Waals surface area contributed by atoms with E-state index in [4.69, 9.17) is 33.7 Å². The number of hydrogen-bond donors (Lipinski definition) is 2. The first kappa shape index (κ1) is 42.6. The maximum absolute atomic E-state index is 13.8. The van der Waals surface area contributed by atoms with Crippen molar-refractivity contribution in [3.05, 3.63) is 72.1 Å². The number of hydrogen-bond acceptors (Lipinski definition) is 13. The van der Waals surface area contributed by atoms with E-state index < -0.39 is 35.3 Å². The van der Waals surface area contributed by atoms with E-state index in [1.54, 1.807) is 26.0 Å². The predicted molar refractivity (Wildman–Crippen MR) is 209 cm³/mol. The van der Waals surface area contributed by atoms with Crippen molar-refractivity contribution in [1.82, 2.24) is 15.0 Å². The molecule has 0 unspecified atom stereocenters. The lowest BCUT2D eigenvalue weighted by atomic mass is 9.55. The number of rotatable bonds is 20. The Morgan fingerprint density at radius 2 is 1.71 bits per heavy atom. The number of aliphatic hydroxyl groups excluding tert-OH is 2. The number of nitrogens with zero attached hydrogens (tertiary/aromatic N) is 4. The van der Waals surface area contributed by atoms with Gasteiger partial charge in [0.1, 0.15) is 29.7 Å². The SMILES string of the molecule is C=CCOc1ccc2c(c1)[C@H]1[C@H](CCCCO)[C@@H](CCCCO)C=C3C(=NOC(C)(C)C)C[C@H](n4nnc(C(=O)OCC)c4C(=O)OCC)[C@@](OCC=C)(O2)[C@H]31. The fourth-order valence-electron chi connectivity index (χ4n) is 8.25. The van der Waals surface area contributed by atoms with E-state index in [0.29, 0.717) is 36.7 Å². The van der Waals surface area contributed by atoms with Gasteiger partial charge in [0.2, 0.25) is 11.5 Å². The zero-order valence-electron chi connectivity index (χ0n) is 33.4. The van der Waals surface area contributed by atoms with Gasteiger partial charge in [0.05, 0.1) is 31.5 Å². The topological polar surface area (TPSA) is 173 Å². The summed E-state index contributed by atoms with van der Waals surface area (Å²) < 4.78 is 32.4. The van der Waals surface area contributed by atoms with Gasteiger partial charge in [-0.15, -0.1) is 11.7 Å². The summed E-state index contributed by atoms with van der Waals surface area (Å²) in [4.78, 5) is 33.3. The van der Waals surface area contributed by atoms with Crippen LogP contribution in [0.3, 0.4) is 0 Å². The molecule has 2 aliphatic carbocycles. The highest BCUT2D eigenvalue weighted by molar-refractivity contribution is 6.03. The summed E-state index contributed by atoms with van der Waals surface area (Å²) in [6.45, 7) is 17.5. The molecular formula is C42H58N4O10. The van der Waals surface area contributed by atoms with Gasteiger partial charge in [0.25, 0.3) is 0 Å². The molecule has 1 aromatic carbocycles. The number of aliphatic hydroxyl groups is 2. The maximum atomic E-state index is 13.8. The zero-order chi connectivity index (χ0) is 40.5. The molecule has 0 saturated heterocycles.